The van der Waals surface area contributed by atoms with E-state index in [2.05, 4.69) is 10.3 Å². The van der Waals surface area contributed by atoms with Crippen molar-refractivity contribution in [2.75, 3.05) is 5.32 Å². The minimum absolute atomic E-state index is 0.0690. The van der Waals surface area contributed by atoms with E-state index >= 15 is 0 Å². The summed E-state index contributed by atoms with van der Waals surface area (Å²) in [6, 6.07) is 10.7. The van der Waals surface area contributed by atoms with E-state index < -0.39 is 5.91 Å². The van der Waals surface area contributed by atoms with Gasteiger partial charge in [0.1, 0.15) is 17.5 Å². The first-order chi connectivity index (χ1) is 9.69. The summed E-state index contributed by atoms with van der Waals surface area (Å²) in [6.45, 7) is 0. The summed E-state index contributed by atoms with van der Waals surface area (Å²) >= 11 is 0. The van der Waals surface area contributed by atoms with Crippen LogP contribution in [0.4, 0.5) is 10.1 Å². The molecule has 0 spiro atoms. The van der Waals surface area contributed by atoms with E-state index in [0.29, 0.717) is 11.3 Å². The average Bonchev–Trinajstić information content (AvgIpc) is 2.47. The van der Waals surface area contributed by atoms with Gasteiger partial charge in [0, 0.05) is 6.20 Å². The van der Waals surface area contributed by atoms with Crippen LogP contribution in [-0.4, -0.2) is 10.9 Å². The number of pyridine rings is 1. The second-order valence-corrected chi connectivity index (χ2v) is 3.92. The Balaban J connectivity index is 2.18. The number of carbonyl (C=O) groups is 1. The third-order valence-electron chi connectivity index (χ3n) is 2.47. The maximum Gasteiger partial charge on any atom is 0.266 e. The second-order valence-electron chi connectivity index (χ2n) is 3.92. The fraction of sp³-hybridized carbons (Fsp3) is 0. The van der Waals surface area contributed by atoms with Crippen molar-refractivity contribution in [3.8, 4) is 6.07 Å². The van der Waals surface area contributed by atoms with Crippen molar-refractivity contribution in [1.29, 1.82) is 5.26 Å². The molecule has 0 unspecified atom stereocenters. The lowest BCUT2D eigenvalue weighted by Gasteiger charge is -2.03. The van der Waals surface area contributed by atoms with Crippen molar-refractivity contribution in [2.45, 2.75) is 0 Å². The van der Waals surface area contributed by atoms with E-state index in [9.17, 15) is 9.18 Å². The van der Waals surface area contributed by atoms with E-state index in [1.165, 1.54) is 36.5 Å². The zero-order valence-corrected chi connectivity index (χ0v) is 10.4. The zero-order chi connectivity index (χ0) is 14.4. The molecule has 0 saturated heterocycles. The number of aromatic nitrogens is 1. The number of rotatable bonds is 3. The van der Waals surface area contributed by atoms with Crippen molar-refractivity contribution in [3.63, 3.8) is 0 Å². The summed E-state index contributed by atoms with van der Waals surface area (Å²) in [4.78, 5) is 15.8. The van der Waals surface area contributed by atoms with Gasteiger partial charge in [-0.2, -0.15) is 5.26 Å². The van der Waals surface area contributed by atoms with Crippen LogP contribution < -0.4 is 5.32 Å². The largest absolute Gasteiger partial charge is 0.320 e. The van der Waals surface area contributed by atoms with E-state index in [4.69, 9.17) is 5.26 Å². The minimum Gasteiger partial charge on any atom is -0.320 e. The molecule has 4 nitrogen and oxygen atoms in total. The van der Waals surface area contributed by atoms with Gasteiger partial charge in [0.15, 0.2) is 0 Å². The highest BCUT2D eigenvalue weighted by Gasteiger charge is 2.09. The second kappa shape index (κ2) is 6.25. The first-order valence-corrected chi connectivity index (χ1v) is 5.78. The normalized spacial score (nSPS) is 10.7. The molecule has 0 aliphatic heterocycles. The highest BCUT2D eigenvalue weighted by Crippen LogP contribution is 2.10. The predicted octanol–water partition coefficient (Wildman–Crippen LogP) is 2.77. The molecular weight excluding hydrogens is 257 g/mol. The van der Waals surface area contributed by atoms with Crippen molar-refractivity contribution in [3.05, 3.63) is 65.7 Å². The van der Waals surface area contributed by atoms with Gasteiger partial charge < -0.3 is 5.32 Å². The van der Waals surface area contributed by atoms with Crippen LogP contribution in [0.25, 0.3) is 6.08 Å². The summed E-state index contributed by atoms with van der Waals surface area (Å²) in [5, 5.41) is 11.6. The number of carbonyl (C=O) groups excluding carboxylic acids is 1. The van der Waals surface area contributed by atoms with E-state index in [0.717, 1.165) is 0 Å². The third-order valence-corrected chi connectivity index (χ3v) is 2.47. The Morgan fingerprint density at radius 1 is 1.30 bits per heavy atom. The van der Waals surface area contributed by atoms with E-state index in [1.54, 1.807) is 18.3 Å². The fourth-order valence-corrected chi connectivity index (χ4v) is 1.51. The van der Waals surface area contributed by atoms with Crippen LogP contribution in [0.1, 0.15) is 5.56 Å². The molecule has 2 aromatic rings. The summed E-state index contributed by atoms with van der Waals surface area (Å²) in [5.41, 5.74) is 1.00. The van der Waals surface area contributed by atoms with Gasteiger partial charge in [-0.1, -0.05) is 12.1 Å². The quantitative estimate of drug-likeness (QED) is 0.687. The monoisotopic (exact) mass is 267 g/mol. The molecule has 0 fully saturated rings. The molecule has 98 valence electrons. The van der Waals surface area contributed by atoms with Crippen molar-refractivity contribution >= 4 is 17.7 Å². The number of amides is 1. The first-order valence-electron chi connectivity index (χ1n) is 5.78. The Bertz CT molecular complexity index is 673. The summed E-state index contributed by atoms with van der Waals surface area (Å²) in [5.74, 6) is -0.912. The molecule has 20 heavy (non-hydrogen) atoms. The first kappa shape index (κ1) is 13.4. The average molecular weight is 267 g/mol. The standard InChI is InChI=1S/C15H10FN3O/c16-13-5-3-11(4-6-13)8-12(9-17)15(20)19-14-2-1-7-18-10-14/h1-8,10H,(H,19,20)/b12-8+. The van der Waals surface area contributed by atoms with Gasteiger partial charge in [-0.25, -0.2) is 4.39 Å². The molecule has 0 atom stereocenters. The van der Waals surface area contributed by atoms with Crippen LogP contribution in [-0.2, 0) is 4.79 Å². The SMILES string of the molecule is N#C/C(=C\c1ccc(F)cc1)C(=O)Nc1cccnc1. The molecule has 0 radical (unpaired) electrons. The fourth-order valence-electron chi connectivity index (χ4n) is 1.51. The van der Waals surface area contributed by atoms with Crippen molar-refractivity contribution < 1.29 is 9.18 Å². The van der Waals surface area contributed by atoms with Gasteiger partial charge in [0.05, 0.1) is 11.9 Å². The Morgan fingerprint density at radius 3 is 2.65 bits per heavy atom. The van der Waals surface area contributed by atoms with Crippen LogP contribution in [0.3, 0.4) is 0 Å². The lowest BCUT2D eigenvalue weighted by molar-refractivity contribution is -0.112. The maximum atomic E-state index is 12.8. The molecule has 0 aliphatic rings. The number of hydrogen-bond donors (Lipinski definition) is 1. The molecule has 2 rings (SSSR count). The number of anilines is 1. The van der Waals surface area contributed by atoms with E-state index in [-0.39, 0.29) is 11.4 Å². The van der Waals surface area contributed by atoms with E-state index in [1.807, 2.05) is 6.07 Å². The highest BCUT2D eigenvalue weighted by molar-refractivity contribution is 6.09. The Kier molecular flexibility index (Phi) is 4.20. The molecular formula is C15H10FN3O. The van der Waals surface area contributed by atoms with Crippen molar-refractivity contribution in [1.82, 2.24) is 4.98 Å². The number of halogens is 1. The summed E-state index contributed by atoms with van der Waals surface area (Å²) in [6.07, 6.45) is 4.45. The maximum absolute atomic E-state index is 12.8. The molecule has 1 heterocycles. The van der Waals surface area contributed by atoms with Gasteiger partial charge in [0.2, 0.25) is 0 Å². The molecule has 1 amide bonds. The zero-order valence-electron chi connectivity index (χ0n) is 10.4. The number of hydrogen-bond acceptors (Lipinski definition) is 3. The van der Waals surface area contributed by atoms with Gasteiger partial charge in [0.25, 0.3) is 5.91 Å². The number of benzene rings is 1. The topological polar surface area (TPSA) is 65.8 Å². The van der Waals surface area contributed by atoms with Crippen LogP contribution in [0.15, 0.2) is 54.4 Å². The Hall–Kier alpha value is -3.00. The highest BCUT2D eigenvalue weighted by atomic mass is 19.1. The van der Waals surface area contributed by atoms with Gasteiger partial charge in [-0.15, -0.1) is 0 Å². The number of nitrogens with zero attached hydrogens (tertiary/aromatic N) is 2. The summed E-state index contributed by atoms with van der Waals surface area (Å²) < 4.78 is 12.8. The molecule has 1 aromatic heterocycles. The van der Waals surface area contributed by atoms with Gasteiger partial charge in [-0.3, -0.25) is 9.78 Å². The van der Waals surface area contributed by atoms with Gasteiger partial charge in [-0.05, 0) is 35.9 Å². The van der Waals surface area contributed by atoms with Crippen LogP contribution >= 0.6 is 0 Å². The minimum atomic E-state index is -0.537. The molecule has 1 aromatic carbocycles. The summed E-state index contributed by atoms with van der Waals surface area (Å²) in [7, 11) is 0. The lowest BCUT2D eigenvalue weighted by Crippen LogP contribution is -2.13. The Morgan fingerprint density at radius 2 is 2.05 bits per heavy atom. The van der Waals surface area contributed by atoms with Crippen LogP contribution in [0.5, 0.6) is 0 Å². The van der Waals surface area contributed by atoms with Crippen molar-refractivity contribution in [2.24, 2.45) is 0 Å². The van der Waals surface area contributed by atoms with Gasteiger partial charge >= 0.3 is 0 Å². The smallest absolute Gasteiger partial charge is 0.266 e. The Labute approximate surface area is 115 Å². The molecule has 0 aliphatic carbocycles. The molecule has 0 bridgehead atoms. The van der Waals surface area contributed by atoms with Crippen LogP contribution in [0.2, 0.25) is 0 Å². The number of nitrogens with one attached hydrogen (secondary N) is 1. The molecule has 0 saturated carbocycles. The number of nitriles is 1. The molecule has 1 N–H and O–H groups in total. The third kappa shape index (κ3) is 3.50. The molecule has 5 heteroatoms. The lowest BCUT2D eigenvalue weighted by atomic mass is 10.1. The van der Waals surface area contributed by atoms with Crippen LogP contribution in [0, 0.1) is 17.1 Å². The predicted molar refractivity (Wildman–Crippen MR) is 72.9 cm³/mol.